The largest absolute Gasteiger partial charge is 0.481 e. The van der Waals surface area contributed by atoms with Gasteiger partial charge in [0, 0.05) is 18.8 Å². The van der Waals surface area contributed by atoms with Crippen molar-refractivity contribution in [3.8, 4) is 0 Å². The molecule has 1 aliphatic rings. The number of anilines is 1. The molecule has 2 atom stereocenters. The van der Waals surface area contributed by atoms with Crippen molar-refractivity contribution in [2.24, 2.45) is 5.92 Å². The summed E-state index contributed by atoms with van der Waals surface area (Å²) in [5, 5.41) is 18.1. The van der Waals surface area contributed by atoms with Gasteiger partial charge >= 0.3 is 11.9 Å². The lowest BCUT2D eigenvalue weighted by molar-refractivity contribution is -0.142. The highest BCUT2D eigenvalue weighted by molar-refractivity contribution is 5.77. The average Bonchev–Trinajstić information content (AvgIpc) is 2.76. The van der Waals surface area contributed by atoms with E-state index in [2.05, 4.69) is 0 Å². The summed E-state index contributed by atoms with van der Waals surface area (Å²) in [5.74, 6) is -2.53. The standard InChI is InChI=1S/C13H16N2O4/c14-10-3-1-8(2-4-10)6-15-7-9(12(16)17)5-11(15)13(18)19/h1-4,9,11H,5-7,14H2,(H,16,17)(H,18,19). The molecule has 2 rings (SSSR count). The number of nitrogens with zero attached hydrogens (tertiary/aromatic N) is 1. The van der Waals surface area contributed by atoms with Crippen molar-refractivity contribution in [1.29, 1.82) is 0 Å². The van der Waals surface area contributed by atoms with Gasteiger partial charge in [-0.25, -0.2) is 0 Å². The maximum atomic E-state index is 11.2. The van der Waals surface area contributed by atoms with Gasteiger partial charge < -0.3 is 15.9 Å². The third-order valence-electron chi connectivity index (χ3n) is 3.40. The van der Waals surface area contributed by atoms with Crippen molar-refractivity contribution >= 4 is 17.6 Å². The number of hydrogen-bond acceptors (Lipinski definition) is 4. The van der Waals surface area contributed by atoms with Gasteiger partial charge in [-0.05, 0) is 24.1 Å². The molecule has 1 aromatic carbocycles. The van der Waals surface area contributed by atoms with Crippen LogP contribution in [0.1, 0.15) is 12.0 Å². The van der Waals surface area contributed by atoms with Crippen LogP contribution in [0.5, 0.6) is 0 Å². The summed E-state index contributed by atoms with van der Waals surface area (Å²) in [6.45, 7) is 0.678. The average molecular weight is 264 g/mol. The first-order chi connectivity index (χ1) is 8.97. The zero-order chi connectivity index (χ0) is 14.0. The van der Waals surface area contributed by atoms with E-state index in [9.17, 15) is 9.59 Å². The van der Waals surface area contributed by atoms with Crippen LogP contribution in [-0.2, 0) is 16.1 Å². The number of nitrogens with two attached hydrogens (primary N) is 1. The molecule has 1 fully saturated rings. The van der Waals surface area contributed by atoms with Gasteiger partial charge in [0.15, 0.2) is 0 Å². The predicted molar refractivity (Wildman–Crippen MR) is 68.4 cm³/mol. The minimum absolute atomic E-state index is 0.152. The van der Waals surface area contributed by atoms with Crippen LogP contribution in [0.2, 0.25) is 0 Å². The van der Waals surface area contributed by atoms with Crippen LogP contribution in [0.4, 0.5) is 5.69 Å². The van der Waals surface area contributed by atoms with Gasteiger partial charge in [-0.3, -0.25) is 14.5 Å². The summed E-state index contributed by atoms with van der Waals surface area (Å²) in [7, 11) is 0. The molecule has 0 amide bonds. The van der Waals surface area contributed by atoms with E-state index in [0.29, 0.717) is 12.2 Å². The minimum Gasteiger partial charge on any atom is -0.481 e. The van der Waals surface area contributed by atoms with Crippen LogP contribution in [-0.4, -0.2) is 39.6 Å². The number of carbonyl (C=O) groups is 2. The molecule has 6 heteroatoms. The molecule has 0 aromatic heterocycles. The van der Waals surface area contributed by atoms with Crippen LogP contribution in [0.25, 0.3) is 0 Å². The van der Waals surface area contributed by atoms with E-state index in [1.54, 1.807) is 17.0 Å². The van der Waals surface area contributed by atoms with Crippen molar-refractivity contribution < 1.29 is 19.8 Å². The Balaban J connectivity index is 2.10. The number of rotatable bonds is 4. The minimum atomic E-state index is -0.973. The maximum Gasteiger partial charge on any atom is 0.320 e. The highest BCUT2D eigenvalue weighted by Crippen LogP contribution is 2.25. The molecule has 0 radical (unpaired) electrons. The first-order valence-electron chi connectivity index (χ1n) is 6.01. The number of carboxylic acid groups (broad SMARTS) is 2. The van der Waals surface area contributed by atoms with Crippen molar-refractivity contribution in [3.63, 3.8) is 0 Å². The zero-order valence-corrected chi connectivity index (χ0v) is 10.3. The molecule has 6 nitrogen and oxygen atoms in total. The van der Waals surface area contributed by atoms with E-state index in [-0.39, 0.29) is 13.0 Å². The zero-order valence-electron chi connectivity index (χ0n) is 10.3. The molecule has 19 heavy (non-hydrogen) atoms. The van der Waals surface area contributed by atoms with Gasteiger partial charge in [0.1, 0.15) is 6.04 Å². The Labute approximate surface area is 110 Å². The SMILES string of the molecule is Nc1ccc(CN2CC(C(=O)O)CC2C(=O)O)cc1. The molecule has 0 saturated carbocycles. The fraction of sp³-hybridized carbons (Fsp3) is 0.385. The third kappa shape index (κ3) is 3.03. The smallest absolute Gasteiger partial charge is 0.320 e. The monoisotopic (exact) mass is 264 g/mol. The topological polar surface area (TPSA) is 104 Å². The van der Waals surface area contributed by atoms with Crippen molar-refractivity contribution in [2.45, 2.75) is 19.0 Å². The molecule has 1 heterocycles. The first kappa shape index (κ1) is 13.4. The van der Waals surface area contributed by atoms with Gasteiger partial charge in [-0.1, -0.05) is 12.1 Å². The molecular weight excluding hydrogens is 248 g/mol. The second kappa shape index (κ2) is 5.27. The van der Waals surface area contributed by atoms with Gasteiger partial charge in [0.2, 0.25) is 0 Å². The summed E-state index contributed by atoms with van der Waals surface area (Å²) in [6, 6.07) is 6.40. The molecule has 1 saturated heterocycles. The fourth-order valence-electron chi connectivity index (χ4n) is 2.37. The quantitative estimate of drug-likeness (QED) is 0.689. The second-order valence-corrected chi connectivity index (χ2v) is 4.80. The van der Waals surface area contributed by atoms with E-state index < -0.39 is 23.9 Å². The second-order valence-electron chi connectivity index (χ2n) is 4.80. The molecule has 4 N–H and O–H groups in total. The van der Waals surface area contributed by atoms with Crippen LogP contribution in [0, 0.1) is 5.92 Å². The first-order valence-corrected chi connectivity index (χ1v) is 6.01. The van der Waals surface area contributed by atoms with E-state index in [1.165, 1.54) is 0 Å². The summed E-state index contributed by atoms with van der Waals surface area (Å²) in [5.41, 5.74) is 7.15. The third-order valence-corrected chi connectivity index (χ3v) is 3.40. The van der Waals surface area contributed by atoms with E-state index in [0.717, 1.165) is 5.56 Å². The highest BCUT2D eigenvalue weighted by Gasteiger charge is 2.39. The number of carboxylic acids is 2. The molecule has 1 aromatic rings. The van der Waals surface area contributed by atoms with Crippen molar-refractivity contribution in [3.05, 3.63) is 29.8 Å². The lowest BCUT2D eigenvalue weighted by Gasteiger charge is -2.20. The molecule has 0 bridgehead atoms. The predicted octanol–water partition coefficient (Wildman–Crippen LogP) is 0.628. The van der Waals surface area contributed by atoms with Gasteiger partial charge in [-0.15, -0.1) is 0 Å². The van der Waals surface area contributed by atoms with Crippen molar-refractivity contribution in [2.75, 3.05) is 12.3 Å². The van der Waals surface area contributed by atoms with Gasteiger partial charge in [0.05, 0.1) is 5.92 Å². The summed E-state index contributed by atoms with van der Waals surface area (Å²) in [6.07, 6.45) is 0.152. The Bertz CT molecular complexity index is 486. The van der Waals surface area contributed by atoms with Crippen LogP contribution < -0.4 is 5.73 Å². The Morgan fingerprint density at radius 2 is 1.84 bits per heavy atom. The maximum absolute atomic E-state index is 11.2. The number of aliphatic carboxylic acids is 2. The summed E-state index contributed by atoms with van der Waals surface area (Å²) >= 11 is 0. The van der Waals surface area contributed by atoms with Crippen LogP contribution in [0.3, 0.4) is 0 Å². The van der Waals surface area contributed by atoms with Crippen LogP contribution >= 0.6 is 0 Å². The molecule has 1 aliphatic heterocycles. The Kier molecular flexibility index (Phi) is 3.71. The van der Waals surface area contributed by atoms with E-state index >= 15 is 0 Å². The molecule has 102 valence electrons. The molecule has 2 unspecified atom stereocenters. The molecular formula is C13H16N2O4. The number of hydrogen-bond donors (Lipinski definition) is 3. The van der Waals surface area contributed by atoms with E-state index in [1.807, 2.05) is 12.1 Å². The lowest BCUT2D eigenvalue weighted by Crippen LogP contribution is -2.35. The number of likely N-dealkylation sites (tertiary alicyclic amines) is 1. The lowest BCUT2D eigenvalue weighted by atomic mass is 10.1. The normalized spacial score (nSPS) is 23.4. The van der Waals surface area contributed by atoms with E-state index in [4.69, 9.17) is 15.9 Å². The summed E-state index contributed by atoms with van der Waals surface area (Å²) in [4.78, 5) is 23.8. The Morgan fingerprint density at radius 1 is 1.21 bits per heavy atom. The highest BCUT2D eigenvalue weighted by atomic mass is 16.4. The fourth-order valence-corrected chi connectivity index (χ4v) is 2.37. The number of benzene rings is 1. The summed E-state index contributed by atoms with van der Waals surface area (Å²) < 4.78 is 0. The van der Waals surface area contributed by atoms with Crippen molar-refractivity contribution in [1.82, 2.24) is 4.90 Å². The molecule has 0 aliphatic carbocycles. The van der Waals surface area contributed by atoms with Crippen LogP contribution in [0.15, 0.2) is 24.3 Å². The van der Waals surface area contributed by atoms with Gasteiger partial charge in [-0.2, -0.15) is 0 Å². The number of nitrogen functional groups attached to an aromatic ring is 1. The Morgan fingerprint density at radius 3 is 2.37 bits per heavy atom. The Hall–Kier alpha value is -2.08. The van der Waals surface area contributed by atoms with Gasteiger partial charge in [0.25, 0.3) is 0 Å². The molecule has 0 spiro atoms.